The summed E-state index contributed by atoms with van der Waals surface area (Å²) in [6.07, 6.45) is 0.459. The fourth-order valence-corrected chi connectivity index (χ4v) is 4.39. The number of aromatic nitrogens is 1. The van der Waals surface area contributed by atoms with E-state index in [2.05, 4.69) is 9.72 Å². The molecule has 1 atom stereocenters. The number of hydrogen-bond acceptors (Lipinski definition) is 7. The summed E-state index contributed by atoms with van der Waals surface area (Å²) < 4.78 is 35.9. The van der Waals surface area contributed by atoms with E-state index in [1.54, 1.807) is 6.92 Å². The Labute approximate surface area is 115 Å². The van der Waals surface area contributed by atoms with E-state index in [-0.39, 0.29) is 23.9 Å². The van der Waals surface area contributed by atoms with E-state index in [1.807, 2.05) is 0 Å². The maximum atomic E-state index is 12.3. The normalized spacial score (nSPS) is 21.3. The predicted octanol–water partition coefficient (Wildman–Crippen LogP) is 0.0140. The van der Waals surface area contributed by atoms with Crippen LogP contribution in [0, 0.1) is 6.92 Å². The van der Waals surface area contributed by atoms with Crippen molar-refractivity contribution in [3.63, 3.8) is 0 Å². The minimum atomic E-state index is -3.61. The number of nitrogens with zero attached hydrogens (tertiary/aromatic N) is 2. The van der Waals surface area contributed by atoms with E-state index in [4.69, 9.17) is 4.74 Å². The van der Waals surface area contributed by atoms with Crippen molar-refractivity contribution < 1.29 is 22.7 Å². The number of carbonyl (C=O) groups is 1. The molecular weight excluding hydrogens is 292 g/mol. The highest BCUT2D eigenvalue weighted by molar-refractivity contribution is 7.91. The first kappa shape index (κ1) is 14.4. The first-order chi connectivity index (χ1) is 8.95. The monoisotopic (exact) mass is 306 g/mol. The zero-order valence-electron chi connectivity index (χ0n) is 10.5. The van der Waals surface area contributed by atoms with Crippen LogP contribution in [-0.2, 0) is 24.3 Å². The number of hydrogen-bond donors (Lipinski definition) is 0. The molecule has 1 unspecified atom stereocenters. The number of methoxy groups -OCH3 is 1. The topological polar surface area (TPSA) is 85.8 Å². The van der Waals surface area contributed by atoms with Gasteiger partial charge in [-0.1, -0.05) is 0 Å². The highest BCUT2D eigenvalue weighted by atomic mass is 32.2. The molecule has 0 spiro atoms. The molecule has 1 aromatic heterocycles. The summed E-state index contributed by atoms with van der Waals surface area (Å²) in [5, 5.41) is 0.677. The molecule has 1 saturated heterocycles. The molecule has 0 radical (unpaired) electrons. The Morgan fingerprint density at radius 2 is 2.37 bits per heavy atom. The van der Waals surface area contributed by atoms with Crippen molar-refractivity contribution in [3.8, 4) is 0 Å². The van der Waals surface area contributed by atoms with Gasteiger partial charge in [-0.25, -0.2) is 18.2 Å². The van der Waals surface area contributed by atoms with Crippen LogP contribution >= 0.6 is 11.3 Å². The average Bonchev–Trinajstić information content (AvgIpc) is 2.85. The maximum Gasteiger partial charge on any atom is 0.336 e. The number of carbonyl (C=O) groups excluding carboxylic acids is 1. The van der Waals surface area contributed by atoms with Crippen molar-refractivity contribution in [2.75, 3.05) is 26.8 Å². The van der Waals surface area contributed by atoms with Crippen LogP contribution in [0.1, 0.15) is 5.01 Å². The highest BCUT2D eigenvalue weighted by Gasteiger charge is 2.35. The summed E-state index contributed by atoms with van der Waals surface area (Å²) in [6.45, 7) is 2.08. The summed E-state index contributed by atoms with van der Waals surface area (Å²) in [7, 11) is -2.37. The van der Waals surface area contributed by atoms with Gasteiger partial charge in [0.15, 0.2) is 10.3 Å². The molecule has 9 heteroatoms. The van der Waals surface area contributed by atoms with Gasteiger partial charge in [-0.05, 0) is 6.92 Å². The second-order valence-corrected chi connectivity index (χ2v) is 7.34. The van der Waals surface area contributed by atoms with E-state index < -0.39 is 22.1 Å². The van der Waals surface area contributed by atoms with Crippen LogP contribution in [0.3, 0.4) is 0 Å². The van der Waals surface area contributed by atoms with Crippen molar-refractivity contribution in [1.82, 2.24) is 9.29 Å². The SMILES string of the molecule is COC(=O)C1CN(S(=O)(=O)c2cnc(C)s2)CCO1. The zero-order valence-corrected chi connectivity index (χ0v) is 12.2. The molecular formula is C10H14N2O5S2. The number of aryl methyl sites for hydroxylation is 1. The van der Waals surface area contributed by atoms with Gasteiger partial charge in [-0.15, -0.1) is 11.3 Å². The molecule has 0 saturated carbocycles. The van der Waals surface area contributed by atoms with Crippen LogP contribution in [0.5, 0.6) is 0 Å². The van der Waals surface area contributed by atoms with E-state index >= 15 is 0 Å². The lowest BCUT2D eigenvalue weighted by Gasteiger charge is -2.30. The lowest BCUT2D eigenvalue weighted by atomic mass is 10.3. The van der Waals surface area contributed by atoms with Crippen molar-refractivity contribution in [3.05, 3.63) is 11.2 Å². The van der Waals surface area contributed by atoms with E-state index in [0.29, 0.717) is 5.01 Å². The Morgan fingerprint density at radius 1 is 1.63 bits per heavy atom. The summed E-state index contributed by atoms with van der Waals surface area (Å²) in [5.41, 5.74) is 0. The van der Waals surface area contributed by atoms with Crippen LogP contribution in [-0.4, -0.2) is 56.6 Å². The Balaban J connectivity index is 2.19. The first-order valence-electron chi connectivity index (χ1n) is 5.57. The molecule has 1 aliphatic heterocycles. The van der Waals surface area contributed by atoms with Gasteiger partial charge in [0.25, 0.3) is 10.0 Å². The van der Waals surface area contributed by atoms with Crippen molar-refractivity contribution in [1.29, 1.82) is 0 Å². The third kappa shape index (κ3) is 2.94. The number of morpholine rings is 1. The summed E-state index contributed by atoms with van der Waals surface area (Å²) in [6, 6.07) is 0. The Kier molecular flexibility index (Phi) is 4.19. The number of ether oxygens (including phenoxy) is 2. The fourth-order valence-electron chi connectivity index (χ4n) is 1.71. The number of rotatable bonds is 3. The number of esters is 1. The van der Waals surface area contributed by atoms with Crippen LogP contribution in [0.15, 0.2) is 10.4 Å². The van der Waals surface area contributed by atoms with Crippen LogP contribution in [0.25, 0.3) is 0 Å². The standard InChI is InChI=1S/C10H14N2O5S2/c1-7-11-5-9(18-7)19(14,15)12-3-4-17-8(6-12)10(13)16-2/h5,8H,3-4,6H2,1-2H3. The maximum absolute atomic E-state index is 12.3. The lowest BCUT2D eigenvalue weighted by molar-refractivity contribution is -0.157. The zero-order chi connectivity index (χ0) is 14.0. The third-order valence-electron chi connectivity index (χ3n) is 2.69. The smallest absolute Gasteiger partial charge is 0.336 e. The summed E-state index contributed by atoms with van der Waals surface area (Å²) >= 11 is 1.11. The first-order valence-corrected chi connectivity index (χ1v) is 7.83. The Hall–Kier alpha value is -1.03. The molecule has 19 heavy (non-hydrogen) atoms. The van der Waals surface area contributed by atoms with Gasteiger partial charge in [0.2, 0.25) is 0 Å². The van der Waals surface area contributed by atoms with Gasteiger partial charge < -0.3 is 9.47 Å². The van der Waals surface area contributed by atoms with Crippen molar-refractivity contribution in [2.24, 2.45) is 0 Å². The molecule has 7 nitrogen and oxygen atoms in total. The van der Waals surface area contributed by atoms with Gasteiger partial charge in [0.1, 0.15) is 0 Å². The van der Waals surface area contributed by atoms with Gasteiger partial charge in [-0.2, -0.15) is 4.31 Å². The molecule has 0 amide bonds. The fraction of sp³-hybridized carbons (Fsp3) is 0.600. The van der Waals surface area contributed by atoms with E-state index in [1.165, 1.54) is 17.6 Å². The Bertz CT molecular complexity index is 568. The minimum Gasteiger partial charge on any atom is -0.467 e. The summed E-state index contributed by atoms with van der Waals surface area (Å²) in [5.74, 6) is -0.569. The number of sulfonamides is 1. The van der Waals surface area contributed by atoms with Crippen LogP contribution < -0.4 is 0 Å². The molecule has 1 fully saturated rings. The van der Waals surface area contributed by atoms with E-state index in [9.17, 15) is 13.2 Å². The highest BCUT2D eigenvalue weighted by Crippen LogP contribution is 2.24. The largest absolute Gasteiger partial charge is 0.467 e. The molecule has 106 valence electrons. The van der Waals surface area contributed by atoms with Crippen LogP contribution in [0.4, 0.5) is 0 Å². The molecule has 0 bridgehead atoms. The number of thiazole rings is 1. The molecule has 1 aliphatic rings. The Morgan fingerprint density at radius 3 is 2.95 bits per heavy atom. The molecule has 1 aromatic rings. The minimum absolute atomic E-state index is 0.0358. The predicted molar refractivity (Wildman–Crippen MR) is 67.4 cm³/mol. The second-order valence-electron chi connectivity index (χ2n) is 3.94. The molecule has 2 heterocycles. The molecule has 0 N–H and O–H groups in total. The average molecular weight is 306 g/mol. The van der Waals surface area contributed by atoms with Gasteiger partial charge in [-0.3, -0.25) is 0 Å². The lowest BCUT2D eigenvalue weighted by Crippen LogP contribution is -2.48. The second kappa shape index (κ2) is 5.53. The molecule has 0 aromatic carbocycles. The summed E-state index contributed by atoms with van der Waals surface area (Å²) in [4.78, 5) is 15.3. The van der Waals surface area contributed by atoms with E-state index in [0.717, 1.165) is 11.3 Å². The van der Waals surface area contributed by atoms with Crippen molar-refractivity contribution >= 4 is 27.3 Å². The van der Waals surface area contributed by atoms with Gasteiger partial charge >= 0.3 is 5.97 Å². The van der Waals surface area contributed by atoms with Gasteiger partial charge in [0.05, 0.1) is 31.5 Å². The quantitative estimate of drug-likeness (QED) is 0.732. The van der Waals surface area contributed by atoms with Crippen molar-refractivity contribution in [2.45, 2.75) is 17.2 Å². The molecule has 2 rings (SSSR count). The third-order valence-corrected chi connectivity index (χ3v) is 5.90. The van der Waals surface area contributed by atoms with Gasteiger partial charge in [0, 0.05) is 6.54 Å². The van der Waals surface area contributed by atoms with Crippen LogP contribution in [0.2, 0.25) is 0 Å². The molecule has 0 aliphatic carbocycles.